The molecule has 0 saturated carbocycles. The predicted octanol–water partition coefficient (Wildman–Crippen LogP) is 5.14. The van der Waals surface area contributed by atoms with Crippen LogP contribution in [-0.2, 0) is 9.57 Å². The van der Waals surface area contributed by atoms with Crippen LogP contribution in [0.15, 0.2) is 35.1 Å². The first-order chi connectivity index (χ1) is 15.1. The van der Waals surface area contributed by atoms with Gasteiger partial charge in [-0.15, -0.1) is 5.06 Å². The molecule has 0 amide bonds. The number of nitrogens with one attached hydrogen (secondary N) is 1. The molecule has 0 aliphatic carbocycles. The van der Waals surface area contributed by atoms with Crippen LogP contribution in [0.3, 0.4) is 0 Å². The second-order valence-corrected chi connectivity index (χ2v) is 9.73. The largest absolute Gasteiger partial charge is 0.528 e. The Bertz CT molecular complexity index is 932. The highest BCUT2D eigenvalue weighted by atomic mass is 79.9. The highest BCUT2D eigenvalue weighted by Gasteiger charge is 2.26. The maximum absolute atomic E-state index is 14.1. The topological polar surface area (TPSA) is 79.8 Å². The first-order valence-electron chi connectivity index (χ1n) is 10.5. The summed E-state index contributed by atoms with van der Waals surface area (Å²) in [5, 5.41) is 4.65. The molecule has 1 aliphatic rings. The number of hydrogen-bond donors (Lipinski definition) is 1. The fraction of sp³-hybridized carbons (Fsp3) is 0.500. The van der Waals surface area contributed by atoms with Gasteiger partial charge in [-0.25, -0.2) is 19.2 Å². The van der Waals surface area contributed by atoms with Crippen molar-refractivity contribution in [2.24, 2.45) is 5.92 Å². The van der Waals surface area contributed by atoms with Crippen molar-refractivity contribution in [3.63, 3.8) is 0 Å². The van der Waals surface area contributed by atoms with Crippen molar-refractivity contribution in [1.29, 1.82) is 0 Å². The molecule has 0 bridgehead atoms. The Hall–Kier alpha value is -2.46. The lowest BCUT2D eigenvalue weighted by molar-refractivity contribution is -0.154. The van der Waals surface area contributed by atoms with Gasteiger partial charge in [0, 0.05) is 37.2 Å². The minimum Gasteiger partial charge on any atom is -0.427 e. The fourth-order valence-electron chi connectivity index (χ4n) is 3.39. The van der Waals surface area contributed by atoms with Crippen molar-refractivity contribution in [2.75, 3.05) is 36.9 Å². The normalized spacial score (nSPS) is 15.3. The van der Waals surface area contributed by atoms with Gasteiger partial charge < -0.3 is 19.8 Å². The van der Waals surface area contributed by atoms with E-state index in [4.69, 9.17) is 9.57 Å². The Morgan fingerprint density at radius 1 is 1.28 bits per heavy atom. The molecule has 1 aromatic carbocycles. The summed E-state index contributed by atoms with van der Waals surface area (Å²) in [7, 11) is 1.97. The third kappa shape index (κ3) is 7.30. The molecule has 1 fully saturated rings. The zero-order valence-electron chi connectivity index (χ0n) is 18.8. The molecule has 0 spiro atoms. The lowest BCUT2D eigenvalue weighted by Gasteiger charge is -2.33. The molecule has 8 nitrogen and oxygen atoms in total. The van der Waals surface area contributed by atoms with E-state index >= 15 is 0 Å². The van der Waals surface area contributed by atoms with Crippen LogP contribution in [0.4, 0.5) is 26.5 Å². The molecule has 0 atom stereocenters. The molecular weight excluding hydrogens is 481 g/mol. The smallest absolute Gasteiger partial charge is 0.427 e. The van der Waals surface area contributed by atoms with E-state index in [-0.39, 0.29) is 5.82 Å². The minimum absolute atomic E-state index is 0.345. The van der Waals surface area contributed by atoms with Gasteiger partial charge in [-0.1, -0.05) is 15.9 Å². The number of carbonyl (C=O) groups excluding carboxylic acids is 1. The van der Waals surface area contributed by atoms with Gasteiger partial charge in [0.1, 0.15) is 29.4 Å². The lowest BCUT2D eigenvalue weighted by atomic mass is 9.97. The van der Waals surface area contributed by atoms with Gasteiger partial charge in [0.05, 0.1) is 5.69 Å². The summed E-state index contributed by atoms with van der Waals surface area (Å²) in [6.45, 7) is 7.51. The Balaban J connectivity index is 1.51. The molecule has 1 saturated heterocycles. The molecule has 2 heterocycles. The van der Waals surface area contributed by atoms with E-state index in [1.54, 1.807) is 44.0 Å². The van der Waals surface area contributed by atoms with Gasteiger partial charge in [0.2, 0.25) is 0 Å². The molecule has 10 heteroatoms. The van der Waals surface area contributed by atoms with Crippen LogP contribution in [0, 0.1) is 11.7 Å². The quantitative estimate of drug-likeness (QED) is 0.536. The highest BCUT2D eigenvalue weighted by Crippen LogP contribution is 2.25. The molecule has 32 heavy (non-hydrogen) atoms. The van der Waals surface area contributed by atoms with Crippen LogP contribution in [0.1, 0.15) is 33.6 Å². The van der Waals surface area contributed by atoms with Crippen LogP contribution in [0.25, 0.3) is 0 Å². The molecule has 0 unspecified atom stereocenters. The van der Waals surface area contributed by atoms with E-state index in [1.165, 1.54) is 12.4 Å². The van der Waals surface area contributed by atoms with Crippen molar-refractivity contribution >= 4 is 39.4 Å². The van der Waals surface area contributed by atoms with E-state index < -0.39 is 11.8 Å². The van der Waals surface area contributed by atoms with Gasteiger partial charge in [-0.3, -0.25) is 0 Å². The van der Waals surface area contributed by atoms with E-state index in [9.17, 15) is 9.18 Å². The number of hydrogen-bond acceptors (Lipinski definition) is 8. The van der Waals surface area contributed by atoms with E-state index in [1.807, 2.05) is 7.05 Å². The summed E-state index contributed by atoms with van der Waals surface area (Å²) < 4.78 is 20.0. The van der Waals surface area contributed by atoms with Crippen LogP contribution in [0.2, 0.25) is 0 Å². The van der Waals surface area contributed by atoms with Gasteiger partial charge in [0.15, 0.2) is 0 Å². The molecule has 1 N–H and O–H groups in total. The van der Waals surface area contributed by atoms with Crippen molar-refractivity contribution in [3.05, 3.63) is 40.9 Å². The Morgan fingerprint density at radius 2 is 2.00 bits per heavy atom. The molecule has 3 rings (SSSR count). The Kier molecular flexibility index (Phi) is 7.89. The SMILES string of the molecule is CN(CC1CCN(OC(=O)OC(C)(C)C)CC1)c1cc(Nc2ccc(Br)cc2F)ncn1. The summed E-state index contributed by atoms with van der Waals surface area (Å²) >= 11 is 3.25. The first kappa shape index (κ1) is 24.2. The number of benzene rings is 1. The monoisotopic (exact) mass is 509 g/mol. The third-order valence-corrected chi connectivity index (χ3v) is 5.43. The van der Waals surface area contributed by atoms with Gasteiger partial charge >= 0.3 is 6.16 Å². The summed E-state index contributed by atoms with van der Waals surface area (Å²) in [5.41, 5.74) is -0.232. The predicted molar refractivity (Wildman–Crippen MR) is 124 cm³/mol. The highest BCUT2D eigenvalue weighted by molar-refractivity contribution is 9.10. The Morgan fingerprint density at radius 3 is 2.66 bits per heavy atom. The van der Waals surface area contributed by atoms with Crippen LogP contribution >= 0.6 is 15.9 Å². The molecule has 0 radical (unpaired) electrons. The number of halogens is 2. The third-order valence-electron chi connectivity index (χ3n) is 4.94. The van der Waals surface area contributed by atoms with E-state index in [0.717, 1.165) is 25.2 Å². The number of rotatable bonds is 6. The number of nitrogens with zero attached hydrogens (tertiary/aromatic N) is 4. The second-order valence-electron chi connectivity index (χ2n) is 8.82. The number of piperidine rings is 1. The van der Waals surface area contributed by atoms with E-state index in [0.29, 0.717) is 35.0 Å². The fourth-order valence-corrected chi connectivity index (χ4v) is 3.72. The minimum atomic E-state index is -0.670. The van der Waals surface area contributed by atoms with Crippen molar-refractivity contribution in [3.8, 4) is 0 Å². The molecule has 2 aromatic rings. The lowest BCUT2D eigenvalue weighted by Crippen LogP contribution is -2.40. The summed E-state index contributed by atoms with van der Waals surface area (Å²) in [4.78, 5) is 27.7. The van der Waals surface area contributed by atoms with Gasteiger partial charge in [0.25, 0.3) is 0 Å². The number of carbonyl (C=O) groups is 1. The van der Waals surface area contributed by atoms with Gasteiger partial charge in [-0.05, 0) is 57.7 Å². The standard InChI is InChI=1S/C22H29BrFN5O3/c1-22(2,3)31-21(30)32-29-9-7-15(8-10-29)13-28(4)20-12-19(25-14-26-20)27-18-6-5-16(23)11-17(18)24/h5-6,11-12,14-15H,7-10,13H2,1-4H3,(H,25,26,27). The van der Waals surface area contributed by atoms with Gasteiger partial charge in [-0.2, -0.15) is 0 Å². The van der Waals surface area contributed by atoms with Crippen LogP contribution in [0.5, 0.6) is 0 Å². The zero-order valence-corrected chi connectivity index (χ0v) is 20.4. The molecule has 1 aromatic heterocycles. The van der Waals surface area contributed by atoms with Crippen molar-refractivity contribution in [2.45, 2.75) is 39.2 Å². The number of hydroxylamine groups is 2. The summed E-state index contributed by atoms with van der Waals surface area (Å²) in [6, 6.07) is 6.61. The molecule has 1 aliphatic heterocycles. The van der Waals surface area contributed by atoms with Crippen LogP contribution in [-0.4, -0.2) is 53.5 Å². The van der Waals surface area contributed by atoms with E-state index in [2.05, 4.69) is 36.1 Å². The van der Waals surface area contributed by atoms with Crippen molar-refractivity contribution in [1.82, 2.24) is 15.0 Å². The number of ether oxygens (including phenoxy) is 1. The average Bonchev–Trinajstić information content (AvgIpc) is 2.70. The first-order valence-corrected chi connectivity index (χ1v) is 11.3. The maximum Gasteiger partial charge on any atom is 0.528 e. The maximum atomic E-state index is 14.1. The molecule has 174 valence electrons. The second kappa shape index (κ2) is 10.4. The Labute approximate surface area is 196 Å². The van der Waals surface area contributed by atoms with Crippen molar-refractivity contribution < 1.29 is 18.8 Å². The molecular formula is C22H29BrFN5O3. The average molecular weight is 510 g/mol. The number of anilines is 3. The zero-order chi connectivity index (χ0) is 23.3. The summed E-state index contributed by atoms with van der Waals surface area (Å²) in [5.74, 6) is 1.32. The number of aromatic nitrogens is 2. The summed E-state index contributed by atoms with van der Waals surface area (Å²) in [6.07, 6.45) is 2.56. The van der Waals surface area contributed by atoms with Crippen LogP contribution < -0.4 is 10.2 Å².